The van der Waals surface area contributed by atoms with Gasteiger partial charge in [0.05, 0.1) is 6.42 Å². The number of amides is 1. The lowest BCUT2D eigenvalue weighted by atomic mass is 10.1. The molecule has 0 aliphatic carbocycles. The molecule has 1 atom stereocenters. The number of likely N-dealkylation sites (tertiary alicyclic amines) is 1. The zero-order valence-electron chi connectivity index (χ0n) is 12.3. The fraction of sp³-hybridized carbons (Fsp3) is 0.562. The van der Waals surface area contributed by atoms with Gasteiger partial charge in [-0.2, -0.15) is 0 Å². The van der Waals surface area contributed by atoms with Crippen molar-refractivity contribution < 1.29 is 4.79 Å². The monoisotopic (exact) mass is 275 g/mol. The minimum atomic E-state index is 0.0485. The van der Waals surface area contributed by atoms with Crippen LogP contribution in [0.1, 0.15) is 31.7 Å². The molecule has 0 saturated carbocycles. The summed E-state index contributed by atoms with van der Waals surface area (Å²) in [5, 5.41) is 3.07. The van der Waals surface area contributed by atoms with Gasteiger partial charge < -0.3 is 16.0 Å². The molecule has 20 heavy (non-hydrogen) atoms. The first-order valence-electron chi connectivity index (χ1n) is 7.50. The van der Waals surface area contributed by atoms with Crippen LogP contribution in [0.5, 0.6) is 0 Å². The second-order valence-electron chi connectivity index (χ2n) is 5.71. The van der Waals surface area contributed by atoms with Crippen molar-refractivity contribution in [1.82, 2.24) is 10.2 Å². The normalized spacial score (nSPS) is 17.6. The van der Waals surface area contributed by atoms with Gasteiger partial charge in [0.25, 0.3) is 0 Å². The van der Waals surface area contributed by atoms with E-state index in [1.807, 2.05) is 24.3 Å². The largest absolute Gasteiger partial charge is 0.398 e. The molecule has 0 aromatic heterocycles. The number of benzene rings is 1. The lowest BCUT2D eigenvalue weighted by Crippen LogP contribution is -2.44. The molecule has 2 rings (SSSR count). The van der Waals surface area contributed by atoms with Crippen LogP contribution in [0.15, 0.2) is 24.3 Å². The first-order valence-corrected chi connectivity index (χ1v) is 7.50. The molecule has 1 aliphatic heterocycles. The fourth-order valence-electron chi connectivity index (χ4n) is 2.77. The smallest absolute Gasteiger partial charge is 0.224 e. The molecule has 110 valence electrons. The molecular formula is C16H25N3O. The van der Waals surface area contributed by atoms with Crippen LogP contribution in [-0.4, -0.2) is 36.5 Å². The van der Waals surface area contributed by atoms with Crippen molar-refractivity contribution >= 4 is 11.6 Å². The highest BCUT2D eigenvalue weighted by atomic mass is 16.1. The first-order chi connectivity index (χ1) is 9.65. The third-order valence-corrected chi connectivity index (χ3v) is 3.79. The summed E-state index contributed by atoms with van der Waals surface area (Å²) in [6, 6.07) is 7.72. The maximum absolute atomic E-state index is 12.0. The molecule has 0 bridgehead atoms. The average Bonchev–Trinajstić information content (AvgIpc) is 2.42. The van der Waals surface area contributed by atoms with Crippen LogP contribution in [0, 0.1) is 0 Å². The van der Waals surface area contributed by atoms with Crippen molar-refractivity contribution in [2.45, 2.75) is 38.6 Å². The Morgan fingerprint density at radius 1 is 1.30 bits per heavy atom. The zero-order chi connectivity index (χ0) is 14.4. The van der Waals surface area contributed by atoms with Crippen molar-refractivity contribution in [1.29, 1.82) is 0 Å². The minimum Gasteiger partial charge on any atom is -0.398 e. The van der Waals surface area contributed by atoms with Crippen LogP contribution in [0.3, 0.4) is 0 Å². The molecule has 3 N–H and O–H groups in total. The number of carbonyl (C=O) groups excluding carboxylic acids is 1. The molecule has 4 heteroatoms. The van der Waals surface area contributed by atoms with Gasteiger partial charge in [-0.15, -0.1) is 0 Å². The molecule has 1 saturated heterocycles. The van der Waals surface area contributed by atoms with Crippen LogP contribution in [-0.2, 0) is 11.2 Å². The van der Waals surface area contributed by atoms with E-state index < -0.39 is 0 Å². The van der Waals surface area contributed by atoms with E-state index in [4.69, 9.17) is 5.73 Å². The summed E-state index contributed by atoms with van der Waals surface area (Å²) < 4.78 is 0. The first kappa shape index (κ1) is 14.9. The van der Waals surface area contributed by atoms with Gasteiger partial charge in [0.1, 0.15) is 0 Å². The van der Waals surface area contributed by atoms with Gasteiger partial charge in [0.2, 0.25) is 5.91 Å². The Kier molecular flexibility index (Phi) is 5.41. The van der Waals surface area contributed by atoms with Crippen molar-refractivity contribution in [3.8, 4) is 0 Å². The minimum absolute atomic E-state index is 0.0485. The van der Waals surface area contributed by atoms with E-state index >= 15 is 0 Å². The second-order valence-corrected chi connectivity index (χ2v) is 5.71. The van der Waals surface area contributed by atoms with E-state index in [9.17, 15) is 4.79 Å². The van der Waals surface area contributed by atoms with E-state index in [0.717, 1.165) is 25.2 Å². The molecule has 1 heterocycles. The molecule has 1 fully saturated rings. The maximum Gasteiger partial charge on any atom is 0.224 e. The number of carbonyl (C=O) groups is 1. The number of nitrogen functional groups attached to an aromatic ring is 1. The van der Waals surface area contributed by atoms with Gasteiger partial charge in [-0.25, -0.2) is 0 Å². The summed E-state index contributed by atoms with van der Waals surface area (Å²) in [6.07, 6.45) is 4.25. The van der Waals surface area contributed by atoms with Gasteiger partial charge in [0, 0.05) is 18.3 Å². The number of nitrogens with zero attached hydrogens (tertiary/aromatic N) is 1. The van der Waals surface area contributed by atoms with E-state index in [0.29, 0.717) is 12.1 Å². The number of piperidine rings is 1. The molecule has 0 spiro atoms. The lowest BCUT2D eigenvalue weighted by molar-refractivity contribution is -0.121. The number of rotatable bonds is 5. The number of nitrogens with two attached hydrogens (primary N) is 1. The highest BCUT2D eigenvalue weighted by Crippen LogP contribution is 2.11. The summed E-state index contributed by atoms with van der Waals surface area (Å²) >= 11 is 0. The van der Waals surface area contributed by atoms with Gasteiger partial charge in [-0.05, 0) is 44.5 Å². The fourth-order valence-corrected chi connectivity index (χ4v) is 2.77. The quantitative estimate of drug-likeness (QED) is 0.806. The molecule has 4 nitrogen and oxygen atoms in total. The summed E-state index contributed by atoms with van der Waals surface area (Å²) in [7, 11) is 0. The number of hydrogen-bond acceptors (Lipinski definition) is 3. The number of para-hydroxylation sites is 1. The van der Waals surface area contributed by atoms with E-state index in [1.165, 1.54) is 19.3 Å². The maximum atomic E-state index is 12.0. The van der Waals surface area contributed by atoms with Crippen LogP contribution >= 0.6 is 0 Å². The molecule has 1 aliphatic rings. The standard InChI is InChI=1S/C16H25N3O/c1-13(12-19-9-5-2-6-10-19)18-16(20)11-14-7-3-4-8-15(14)17/h3-4,7-8,13H,2,5-6,9-12,17H2,1H3,(H,18,20). The van der Waals surface area contributed by atoms with E-state index in [2.05, 4.69) is 17.1 Å². The average molecular weight is 275 g/mol. The molecule has 1 aromatic rings. The van der Waals surface area contributed by atoms with Crippen molar-refractivity contribution in [3.05, 3.63) is 29.8 Å². The summed E-state index contributed by atoms with van der Waals surface area (Å²) in [5.74, 6) is 0.0485. The number of nitrogens with one attached hydrogen (secondary N) is 1. The second kappa shape index (κ2) is 7.29. The number of hydrogen-bond donors (Lipinski definition) is 2. The SMILES string of the molecule is CC(CN1CCCCC1)NC(=O)Cc1ccccc1N. The molecule has 0 radical (unpaired) electrons. The summed E-state index contributed by atoms with van der Waals surface area (Å²) in [6.45, 7) is 5.33. The molecule has 1 aromatic carbocycles. The molecule has 1 amide bonds. The Balaban J connectivity index is 1.77. The van der Waals surface area contributed by atoms with Crippen molar-refractivity contribution in [2.24, 2.45) is 0 Å². The Morgan fingerprint density at radius 3 is 2.70 bits per heavy atom. The van der Waals surface area contributed by atoms with Gasteiger partial charge >= 0.3 is 0 Å². The Hall–Kier alpha value is -1.55. The summed E-state index contributed by atoms with van der Waals surface area (Å²) in [4.78, 5) is 14.5. The topological polar surface area (TPSA) is 58.4 Å². The van der Waals surface area contributed by atoms with Crippen molar-refractivity contribution in [3.63, 3.8) is 0 Å². The highest BCUT2D eigenvalue weighted by Gasteiger charge is 2.15. The Labute approximate surface area is 121 Å². The van der Waals surface area contributed by atoms with E-state index in [1.54, 1.807) is 0 Å². The zero-order valence-corrected chi connectivity index (χ0v) is 12.3. The van der Waals surface area contributed by atoms with Crippen LogP contribution in [0.2, 0.25) is 0 Å². The number of anilines is 1. The van der Waals surface area contributed by atoms with Crippen molar-refractivity contribution in [2.75, 3.05) is 25.4 Å². The molecular weight excluding hydrogens is 250 g/mol. The highest BCUT2D eigenvalue weighted by molar-refractivity contribution is 5.80. The summed E-state index contributed by atoms with van der Waals surface area (Å²) in [5.41, 5.74) is 7.45. The van der Waals surface area contributed by atoms with Gasteiger partial charge in [-0.1, -0.05) is 24.6 Å². The van der Waals surface area contributed by atoms with Crippen LogP contribution in [0.25, 0.3) is 0 Å². The molecule has 1 unspecified atom stereocenters. The lowest BCUT2D eigenvalue weighted by Gasteiger charge is -2.29. The Morgan fingerprint density at radius 2 is 2.00 bits per heavy atom. The van der Waals surface area contributed by atoms with Gasteiger partial charge in [-0.3, -0.25) is 4.79 Å². The third kappa shape index (κ3) is 4.53. The Bertz CT molecular complexity index is 441. The van der Waals surface area contributed by atoms with Crippen LogP contribution < -0.4 is 11.1 Å². The van der Waals surface area contributed by atoms with E-state index in [-0.39, 0.29) is 11.9 Å². The van der Waals surface area contributed by atoms with Crippen LogP contribution in [0.4, 0.5) is 5.69 Å². The predicted octanol–water partition coefficient (Wildman–Crippen LogP) is 1.80. The third-order valence-electron chi connectivity index (χ3n) is 3.79. The van der Waals surface area contributed by atoms with Gasteiger partial charge in [0.15, 0.2) is 0 Å². The predicted molar refractivity (Wildman–Crippen MR) is 82.5 cm³/mol.